The molecule has 1 N–H and O–H groups in total. The Hall–Kier alpha value is -0.410. The Morgan fingerprint density at radius 1 is 1.55 bits per heavy atom. The van der Waals surface area contributed by atoms with Gasteiger partial charge in [-0.05, 0) is 13.0 Å². The summed E-state index contributed by atoms with van der Waals surface area (Å²) in [7, 11) is 0. The number of nitrogens with zero attached hydrogens (tertiary/aromatic N) is 1. The SMILES string of the molecule is CCNCc1ncc(CC)s1. The number of rotatable bonds is 4. The highest BCUT2D eigenvalue weighted by molar-refractivity contribution is 7.11. The second kappa shape index (κ2) is 4.46. The van der Waals surface area contributed by atoms with Crippen molar-refractivity contribution in [3.05, 3.63) is 16.1 Å². The standard InChI is InChI=1S/C8H14N2S/c1-3-7-5-10-8(11-7)6-9-4-2/h5,9H,3-4,6H2,1-2H3. The molecule has 0 saturated heterocycles. The van der Waals surface area contributed by atoms with E-state index in [2.05, 4.69) is 24.1 Å². The molecule has 0 atom stereocenters. The van der Waals surface area contributed by atoms with E-state index in [1.807, 2.05) is 6.20 Å². The molecule has 0 radical (unpaired) electrons. The number of thiazole rings is 1. The van der Waals surface area contributed by atoms with Gasteiger partial charge < -0.3 is 5.32 Å². The third kappa shape index (κ3) is 2.60. The Morgan fingerprint density at radius 2 is 2.36 bits per heavy atom. The van der Waals surface area contributed by atoms with E-state index in [0.29, 0.717) is 0 Å². The third-order valence-electron chi connectivity index (χ3n) is 1.48. The fraction of sp³-hybridized carbons (Fsp3) is 0.625. The highest BCUT2D eigenvalue weighted by Gasteiger charge is 1.97. The molecule has 0 aliphatic carbocycles. The van der Waals surface area contributed by atoms with Crippen LogP contribution in [0.3, 0.4) is 0 Å². The topological polar surface area (TPSA) is 24.9 Å². The zero-order chi connectivity index (χ0) is 8.10. The molecule has 0 aliphatic rings. The van der Waals surface area contributed by atoms with Gasteiger partial charge in [-0.3, -0.25) is 0 Å². The zero-order valence-corrected chi connectivity index (χ0v) is 7.87. The van der Waals surface area contributed by atoms with Crippen molar-refractivity contribution < 1.29 is 0 Å². The van der Waals surface area contributed by atoms with Crippen molar-refractivity contribution in [2.45, 2.75) is 26.8 Å². The Morgan fingerprint density at radius 3 is 2.91 bits per heavy atom. The van der Waals surface area contributed by atoms with Crippen LogP contribution in [-0.4, -0.2) is 11.5 Å². The second-order valence-corrected chi connectivity index (χ2v) is 3.55. The fourth-order valence-electron chi connectivity index (χ4n) is 0.825. The van der Waals surface area contributed by atoms with Gasteiger partial charge in [0.15, 0.2) is 0 Å². The van der Waals surface area contributed by atoms with Crippen LogP contribution >= 0.6 is 11.3 Å². The summed E-state index contributed by atoms with van der Waals surface area (Å²) in [5.74, 6) is 0. The van der Waals surface area contributed by atoms with Gasteiger partial charge in [0.05, 0.1) is 0 Å². The average molecular weight is 170 g/mol. The summed E-state index contributed by atoms with van der Waals surface area (Å²) in [5, 5.41) is 4.45. The summed E-state index contributed by atoms with van der Waals surface area (Å²) in [6.45, 7) is 6.20. The molecule has 1 rings (SSSR count). The first kappa shape index (κ1) is 8.68. The summed E-state index contributed by atoms with van der Waals surface area (Å²) >= 11 is 1.80. The maximum absolute atomic E-state index is 4.28. The van der Waals surface area contributed by atoms with Gasteiger partial charge in [-0.2, -0.15) is 0 Å². The van der Waals surface area contributed by atoms with Crippen LogP contribution in [0.25, 0.3) is 0 Å². The van der Waals surface area contributed by atoms with Gasteiger partial charge in [-0.25, -0.2) is 4.98 Å². The molecule has 0 aliphatic heterocycles. The Bertz CT molecular complexity index is 208. The molecule has 0 saturated carbocycles. The molecular weight excluding hydrogens is 156 g/mol. The number of nitrogens with one attached hydrogen (secondary N) is 1. The summed E-state index contributed by atoms with van der Waals surface area (Å²) in [4.78, 5) is 5.65. The average Bonchev–Trinajstić information content (AvgIpc) is 2.48. The van der Waals surface area contributed by atoms with Gasteiger partial charge in [0.25, 0.3) is 0 Å². The van der Waals surface area contributed by atoms with Crippen LogP contribution in [0.1, 0.15) is 23.7 Å². The van der Waals surface area contributed by atoms with Crippen LogP contribution in [0.4, 0.5) is 0 Å². The van der Waals surface area contributed by atoms with Crippen molar-refractivity contribution in [3.8, 4) is 0 Å². The number of aromatic nitrogens is 1. The van der Waals surface area contributed by atoms with Crippen LogP contribution in [0, 0.1) is 0 Å². The predicted molar refractivity (Wildman–Crippen MR) is 48.9 cm³/mol. The summed E-state index contributed by atoms with van der Waals surface area (Å²) in [6, 6.07) is 0. The van der Waals surface area contributed by atoms with Crippen molar-refractivity contribution in [1.82, 2.24) is 10.3 Å². The first-order valence-electron chi connectivity index (χ1n) is 4.01. The van der Waals surface area contributed by atoms with E-state index in [1.54, 1.807) is 11.3 Å². The van der Waals surface area contributed by atoms with Crippen molar-refractivity contribution in [2.24, 2.45) is 0 Å². The minimum Gasteiger partial charge on any atom is -0.311 e. The van der Waals surface area contributed by atoms with Crippen LogP contribution < -0.4 is 5.32 Å². The second-order valence-electron chi connectivity index (χ2n) is 2.35. The van der Waals surface area contributed by atoms with Gasteiger partial charge in [0.2, 0.25) is 0 Å². The normalized spacial score (nSPS) is 10.4. The molecule has 0 bridgehead atoms. The van der Waals surface area contributed by atoms with Gasteiger partial charge in [0.1, 0.15) is 5.01 Å². The largest absolute Gasteiger partial charge is 0.311 e. The van der Waals surface area contributed by atoms with E-state index >= 15 is 0 Å². The highest BCUT2D eigenvalue weighted by Crippen LogP contribution is 2.12. The van der Waals surface area contributed by atoms with Crippen LogP contribution in [0.5, 0.6) is 0 Å². The van der Waals surface area contributed by atoms with Crippen LogP contribution in [-0.2, 0) is 13.0 Å². The lowest BCUT2D eigenvalue weighted by Crippen LogP contribution is -2.11. The van der Waals surface area contributed by atoms with Crippen molar-refractivity contribution in [1.29, 1.82) is 0 Å². The molecule has 2 nitrogen and oxygen atoms in total. The molecule has 1 aromatic heterocycles. The Labute approximate surface area is 71.7 Å². The lowest BCUT2D eigenvalue weighted by molar-refractivity contribution is 0.722. The summed E-state index contributed by atoms with van der Waals surface area (Å²) in [6.07, 6.45) is 3.07. The van der Waals surface area contributed by atoms with Gasteiger partial charge in [0, 0.05) is 17.6 Å². The van der Waals surface area contributed by atoms with Crippen molar-refractivity contribution in [2.75, 3.05) is 6.54 Å². The molecular formula is C8H14N2S. The lowest BCUT2D eigenvalue weighted by Gasteiger charge is -1.94. The zero-order valence-electron chi connectivity index (χ0n) is 7.05. The van der Waals surface area contributed by atoms with Crippen molar-refractivity contribution >= 4 is 11.3 Å². The predicted octanol–water partition coefficient (Wildman–Crippen LogP) is 1.82. The fourth-order valence-corrected chi connectivity index (χ4v) is 1.66. The highest BCUT2D eigenvalue weighted by atomic mass is 32.1. The van der Waals surface area contributed by atoms with Gasteiger partial charge >= 0.3 is 0 Å². The maximum Gasteiger partial charge on any atom is 0.107 e. The van der Waals surface area contributed by atoms with E-state index in [-0.39, 0.29) is 0 Å². The van der Waals surface area contributed by atoms with E-state index in [9.17, 15) is 0 Å². The number of aryl methyl sites for hydroxylation is 1. The van der Waals surface area contributed by atoms with Gasteiger partial charge in [-0.1, -0.05) is 13.8 Å². The minimum absolute atomic E-state index is 0.918. The molecule has 1 aromatic rings. The van der Waals surface area contributed by atoms with E-state index in [0.717, 1.165) is 19.5 Å². The monoisotopic (exact) mass is 170 g/mol. The smallest absolute Gasteiger partial charge is 0.107 e. The Balaban J connectivity index is 2.44. The van der Waals surface area contributed by atoms with Crippen molar-refractivity contribution in [3.63, 3.8) is 0 Å². The Kier molecular flexibility index (Phi) is 3.52. The molecule has 0 aromatic carbocycles. The van der Waals surface area contributed by atoms with Crippen LogP contribution in [0.15, 0.2) is 6.20 Å². The quantitative estimate of drug-likeness (QED) is 0.745. The molecule has 1 heterocycles. The maximum atomic E-state index is 4.28. The molecule has 0 fully saturated rings. The van der Waals surface area contributed by atoms with E-state index in [1.165, 1.54) is 9.88 Å². The van der Waals surface area contributed by atoms with E-state index in [4.69, 9.17) is 0 Å². The first-order chi connectivity index (χ1) is 5.36. The summed E-state index contributed by atoms with van der Waals surface area (Å²) in [5.41, 5.74) is 0. The third-order valence-corrected chi connectivity index (χ3v) is 2.62. The van der Waals surface area contributed by atoms with Gasteiger partial charge in [-0.15, -0.1) is 11.3 Å². The minimum atomic E-state index is 0.918. The molecule has 0 amide bonds. The van der Waals surface area contributed by atoms with E-state index < -0.39 is 0 Å². The molecule has 0 unspecified atom stereocenters. The van der Waals surface area contributed by atoms with Crippen LogP contribution in [0.2, 0.25) is 0 Å². The molecule has 3 heteroatoms. The summed E-state index contributed by atoms with van der Waals surface area (Å²) < 4.78 is 0. The molecule has 62 valence electrons. The lowest BCUT2D eigenvalue weighted by atomic mass is 10.4. The first-order valence-corrected chi connectivity index (χ1v) is 4.82. The molecule has 0 spiro atoms. The molecule has 11 heavy (non-hydrogen) atoms. The number of hydrogen-bond donors (Lipinski definition) is 1. The number of hydrogen-bond acceptors (Lipinski definition) is 3.